The van der Waals surface area contributed by atoms with Crippen molar-refractivity contribution in [1.29, 1.82) is 0 Å². The summed E-state index contributed by atoms with van der Waals surface area (Å²) in [5.41, 5.74) is -0.125. The van der Waals surface area contributed by atoms with Crippen LogP contribution in [-0.2, 0) is 9.59 Å². The number of carbonyl (C=O) groups is 3. The molecule has 2 rings (SSSR count). The van der Waals surface area contributed by atoms with Crippen LogP contribution in [-0.4, -0.2) is 68.2 Å². The van der Waals surface area contributed by atoms with E-state index in [-0.39, 0.29) is 23.8 Å². The van der Waals surface area contributed by atoms with Gasteiger partial charge < -0.3 is 26.0 Å². The first-order valence-electron chi connectivity index (χ1n) is 6.09. The summed E-state index contributed by atoms with van der Waals surface area (Å²) in [6.45, 7) is 3.31. The molecule has 2 saturated heterocycles. The van der Waals surface area contributed by atoms with Crippen molar-refractivity contribution < 1.29 is 19.5 Å². The van der Waals surface area contributed by atoms with Crippen LogP contribution in [0.1, 0.15) is 6.42 Å². The van der Waals surface area contributed by atoms with Crippen LogP contribution >= 0.6 is 0 Å². The molecule has 1 unspecified atom stereocenters. The van der Waals surface area contributed by atoms with Crippen molar-refractivity contribution in [2.75, 3.05) is 39.8 Å². The number of urea groups is 1. The molecular formula is C11H20N4O4. The molecule has 19 heavy (non-hydrogen) atoms. The van der Waals surface area contributed by atoms with Crippen molar-refractivity contribution in [2.45, 2.75) is 6.42 Å². The average Bonchev–Trinajstić information content (AvgIpc) is 2.62. The van der Waals surface area contributed by atoms with Gasteiger partial charge in [-0.3, -0.25) is 9.59 Å². The minimum atomic E-state index is -0.250. The van der Waals surface area contributed by atoms with Crippen LogP contribution in [0.15, 0.2) is 0 Å². The summed E-state index contributed by atoms with van der Waals surface area (Å²) in [7, 11) is 1.63. The topological polar surface area (TPSA) is 111 Å². The van der Waals surface area contributed by atoms with E-state index in [9.17, 15) is 9.59 Å². The van der Waals surface area contributed by atoms with E-state index in [1.807, 2.05) is 0 Å². The van der Waals surface area contributed by atoms with E-state index in [1.165, 1.54) is 0 Å². The Morgan fingerprint density at radius 1 is 1.53 bits per heavy atom. The molecule has 0 aromatic carbocycles. The van der Waals surface area contributed by atoms with Crippen LogP contribution in [0.4, 0.5) is 4.79 Å². The number of nitrogens with zero attached hydrogens (tertiary/aromatic N) is 1. The van der Waals surface area contributed by atoms with Gasteiger partial charge in [0.1, 0.15) is 0 Å². The lowest BCUT2D eigenvalue weighted by Crippen LogP contribution is -2.46. The van der Waals surface area contributed by atoms with Gasteiger partial charge in [0.05, 0.1) is 0 Å². The first-order chi connectivity index (χ1) is 9.06. The molecule has 108 valence electrons. The summed E-state index contributed by atoms with van der Waals surface area (Å²) < 4.78 is 0. The van der Waals surface area contributed by atoms with Crippen molar-refractivity contribution in [3.63, 3.8) is 0 Å². The second-order valence-electron chi connectivity index (χ2n) is 4.71. The highest BCUT2D eigenvalue weighted by molar-refractivity contribution is 5.80. The molecule has 0 bridgehead atoms. The van der Waals surface area contributed by atoms with Gasteiger partial charge in [-0.2, -0.15) is 0 Å². The normalized spacial score (nSPS) is 25.9. The number of hydrogen-bond donors (Lipinski definition) is 4. The summed E-state index contributed by atoms with van der Waals surface area (Å²) in [6.07, 6.45) is 0.507. The van der Waals surface area contributed by atoms with Crippen LogP contribution in [0.3, 0.4) is 0 Å². The number of amides is 3. The Balaban J connectivity index is 0.000000550. The molecule has 0 radical (unpaired) electrons. The van der Waals surface area contributed by atoms with Gasteiger partial charge in [0.25, 0.3) is 6.47 Å². The molecule has 2 aliphatic rings. The van der Waals surface area contributed by atoms with Crippen LogP contribution in [0.5, 0.6) is 0 Å². The molecule has 8 heteroatoms. The van der Waals surface area contributed by atoms with Crippen molar-refractivity contribution in [3.8, 4) is 0 Å². The van der Waals surface area contributed by atoms with E-state index >= 15 is 0 Å². The molecule has 0 aromatic rings. The molecule has 8 nitrogen and oxygen atoms in total. The minimum absolute atomic E-state index is 0.0672. The van der Waals surface area contributed by atoms with Crippen molar-refractivity contribution >= 4 is 18.4 Å². The standard InChI is InChI=1S/C10H18N4O2.CH2O2/c1-11-9(16)14-3-2-12-5-10(7-14)4-8(15)13-6-10;2-1-3/h12H,2-7H2,1H3,(H,11,16)(H,13,15);1H,(H,2,3). The lowest BCUT2D eigenvalue weighted by atomic mass is 9.86. The Kier molecular flexibility index (Phi) is 5.56. The zero-order chi connectivity index (χ0) is 14.3. The van der Waals surface area contributed by atoms with E-state index < -0.39 is 0 Å². The quantitative estimate of drug-likeness (QED) is 0.399. The zero-order valence-electron chi connectivity index (χ0n) is 10.9. The maximum atomic E-state index is 11.6. The molecule has 2 aliphatic heterocycles. The van der Waals surface area contributed by atoms with Gasteiger partial charge >= 0.3 is 6.03 Å². The van der Waals surface area contributed by atoms with Crippen LogP contribution in [0.2, 0.25) is 0 Å². The summed E-state index contributed by atoms with van der Waals surface area (Å²) in [5.74, 6) is 0.0838. The number of carboxylic acid groups (broad SMARTS) is 1. The monoisotopic (exact) mass is 272 g/mol. The zero-order valence-corrected chi connectivity index (χ0v) is 10.9. The molecule has 4 N–H and O–H groups in total. The van der Waals surface area contributed by atoms with Crippen LogP contribution in [0, 0.1) is 5.41 Å². The number of hydrogen-bond acceptors (Lipinski definition) is 4. The largest absolute Gasteiger partial charge is 0.483 e. The third-order valence-corrected chi connectivity index (χ3v) is 3.28. The molecule has 0 aliphatic carbocycles. The first-order valence-corrected chi connectivity index (χ1v) is 6.09. The summed E-state index contributed by atoms with van der Waals surface area (Å²) in [5, 5.41) is 15.7. The third kappa shape index (κ3) is 4.09. The van der Waals surface area contributed by atoms with Crippen LogP contribution in [0.25, 0.3) is 0 Å². The Labute approximate surface area is 111 Å². The molecular weight excluding hydrogens is 252 g/mol. The van der Waals surface area contributed by atoms with Crippen molar-refractivity contribution in [1.82, 2.24) is 20.9 Å². The molecule has 2 heterocycles. The molecule has 3 amide bonds. The summed E-state index contributed by atoms with van der Waals surface area (Å²) in [6, 6.07) is -0.0672. The first kappa shape index (κ1) is 15.2. The molecule has 2 fully saturated rings. The Hall–Kier alpha value is -1.83. The van der Waals surface area contributed by atoms with Crippen molar-refractivity contribution in [2.24, 2.45) is 5.41 Å². The molecule has 1 spiro atoms. The average molecular weight is 272 g/mol. The van der Waals surface area contributed by atoms with E-state index in [0.29, 0.717) is 26.1 Å². The van der Waals surface area contributed by atoms with Gasteiger partial charge in [0.2, 0.25) is 5.91 Å². The van der Waals surface area contributed by atoms with Gasteiger partial charge in [0.15, 0.2) is 0 Å². The van der Waals surface area contributed by atoms with E-state index in [1.54, 1.807) is 11.9 Å². The third-order valence-electron chi connectivity index (χ3n) is 3.28. The maximum Gasteiger partial charge on any atom is 0.317 e. The highest BCUT2D eigenvalue weighted by Crippen LogP contribution is 2.27. The Morgan fingerprint density at radius 2 is 2.21 bits per heavy atom. The molecule has 1 atom stereocenters. The minimum Gasteiger partial charge on any atom is -0.483 e. The maximum absolute atomic E-state index is 11.6. The van der Waals surface area contributed by atoms with E-state index in [4.69, 9.17) is 9.90 Å². The number of nitrogens with one attached hydrogen (secondary N) is 3. The smallest absolute Gasteiger partial charge is 0.317 e. The second kappa shape index (κ2) is 6.93. The number of carbonyl (C=O) groups excluding carboxylic acids is 2. The van der Waals surface area contributed by atoms with Gasteiger partial charge in [-0.15, -0.1) is 0 Å². The molecule has 0 saturated carbocycles. The fraction of sp³-hybridized carbons (Fsp3) is 0.727. The van der Waals surface area contributed by atoms with Gasteiger partial charge in [-0.25, -0.2) is 4.79 Å². The van der Waals surface area contributed by atoms with Gasteiger partial charge in [-0.1, -0.05) is 0 Å². The predicted molar refractivity (Wildman–Crippen MR) is 67.7 cm³/mol. The lowest BCUT2D eigenvalue weighted by molar-refractivity contribution is -0.123. The highest BCUT2D eigenvalue weighted by Gasteiger charge is 2.41. The van der Waals surface area contributed by atoms with Gasteiger partial charge in [-0.05, 0) is 0 Å². The van der Waals surface area contributed by atoms with Crippen LogP contribution < -0.4 is 16.0 Å². The second-order valence-corrected chi connectivity index (χ2v) is 4.71. The lowest BCUT2D eigenvalue weighted by Gasteiger charge is -2.30. The van der Waals surface area contributed by atoms with Gasteiger partial charge in [0, 0.05) is 51.6 Å². The fourth-order valence-electron chi connectivity index (χ4n) is 2.43. The Bertz CT molecular complexity index is 350. The fourth-order valence-corrected chi connectivity index (χ4v) is 2.43. The Morgan fingerprint density at radius 3 is 2.74 bits per heavy atom. The summed E-state index contributed by atoms with van der Waals surface area (Å²) >= 11 is 0. The van der Waals surface area contributed by atoms with E-state index in [2.05, 4.69) is 16.0 Å². The highest BCUT2D eigenvalue weighted by atomic mass is 16.3. The predicted octanol–water partition coefficient (Wildman–Crippen LogP) is -1.56. The van der Waals surface area contributed by atoms with E-state index in [0.717, 1.165) is 13.1 Å². The van der Waals surface area contributed by atoms with Crippen molar-refractivity contribution in [3.05, 3.63) is 0 Å². The SMILES string of the molecule is CNC(=O)N1CCNCC2(CNC(=O)C2)C1.O=CO. The summed E-state index contributed by atoms with van der Waals surface area (Å²) in [4.78, 5) is 33.1. The molecule has 0 aromatic heterocycles. The number of rotatable bonds is 0.